The molecule has 1 aromatic rings. The molecule has 2 saturated carbocycles. The fraction of sp³-hybridized carbons (Fsp3) is 0.571. The second-order valence-electron chi connectivity index (χ2n) is 7.79. The first-order valence-corrected chi connectivity index (χ1v) is 9.03. The van der Waals surface area contributed by atoms with Crippen LogP contribution in [0.3, 0.4) is 0 Å². The largest absolute Gasteiger partial charge is 0.490 e. The highest BCUT2D eigenvalue weighted by molar-refractivity contribution is 5.87. The minimum absolute atomic E-state index is 0.0221. The van der Waals surface area contributed by atoms with E-state index in [4.69, 9.17) is 4.74 Å². The Labute approximate surface area is 138 Å². The maximum Gasteiger partial charge on any atom is 0.139 e. The number of benzene rings is 1. The Morgan fingerprint density at radius 3 is 3.00 bits per heavy atom. The molecule has 2 fully saturated rings. The molecule has 0 amide bonds. The van der Waals surface area contributed by atoms with Crippen molar-refractivity contribution >= 4 is 5.78 Å². The van der Waals surface area contributed by atoms with Gasteiger partial charge in [0.25, 0.3) is 0 Å². The highest BCUT2D eigenvalue weighted by Gasteiger charge is 2.54. The van der Waals surface area contributed by atoms with Crippen LogP contribution in [0.15, 0.2) is 30.9 Å². The lowest BCUT2D eigenvalue weighted by Crippen LogP contribution is -2.42. The topological polar surface area (TPSA) is 26.3 Å². The van der Waals surface area contributed by atoms with Gasteiger partial charge in [-0.05, 0) is 73.1 Å². The molecule has 2 nitrogen and oxygen atoms in total. The summed E-state index contributed by atoms with van der Waals surface area (Å²) < 4.78 is 5.69. The molecule has 0 aliphatic heterocycles. The van der Waals surface area contributed by atoms with Gasteiger partial charge in [0.15, 0.2) is 0 Å². The maximum atomic E-state index is 12.4. The first kappa shape index (κ1) is 15.0. The normalized spacial score (nSPS) is 35.2. The molecule has 0 bridgehead atoms. The molecule has 0 aromatic heterocycles. The zero-order valence-corrected chi connectivity index (χ0v) is 14.0. The Kier molecular flexibility index (Phi) is 3.59. The Morgan fingerprint density at radius 1 is 1.30 bits per heavy atom. The molecule has 1 aromatic carbocycles. The third-order valence-corrected chi connectivity index (χ3v) is 6.77. The van der Waals surface area contributed by atoms with Crippen LogP contribution in [0.1, 0.15) is 56.1 Å². The molecule has 0 N–H and O–H groups in total. The number of ketones is 1. The van der Waals surface area contributed by atoms with E-state index in [1.165, 1.54) is 24.0 Å². The predicted octanol–water partition coefficient (Wildman–Crippen LogP) is 4.68. The van der Waals surface area contributed by atoms with E-state index in [1.54, 1.807) is 6.08 Å². The van der Waals surface area contributed by atoms with Crippen molar-refractivity contribution in [1.82, 2.24) is 0 Å². The van der Waals surface area contributed by atoms with E-state index in [2.05, 4.69) is 31.7 Å². The van der Waals surface area contributed by atoms with Crippen molar-refractivity contribution in [2.75, 3.05) is 6.61 Å². The maximum absolute atomic E-state index is 12.4. The van der Waals surface area contributed by atoms with Crippen LogP contribution in [0.4, 0.5) is 0 Å². The van der Waals surface area contributed by atoms with Gasteiger partial charge in [-0.2, -0.15) is 0 Å². The van der Waals surface area contributed by atoms with Gasteiger partial charge >= 0.3 is 0 Å². The van der Waals surface area contributed by atoms with Crippen molar-refractivity contribution in [3.63, 3.8) is 0 Å². The van der Waals surface area contributed by atoms with E-state index in [1.807, 2.05) is 0 Å². The molecule has 3 aliphatic rings. The van der Waals surface area contributed by atoms with Crippen LogP contribution in [0.25, 0.3) is 0 Å². The highest BCUT2D eigenvalue weighted by atomic mass is 16.5. The van der Waals surface area contributed by atoms with Gasteiger partial charge in [0.1, 0.15) is 18.1 Å². The van der Waals surface area contributed by atoms with Gasteiger partial charge in [0.2, 0.25) is 0 Å². The summed E-state index contributed by atoms with van der Waals surface area (Å²) in [7, 11) is 0. The summed E-state index contributed by atoms with van der Waals surface area (Å²) >= 11 is 0. The molecule has 2 heteroatoms. The van der Waals surface area contributed by atoms with E-state index >= 15 is 0 Å². The minimum Gasteiger partial charge on any atom is -0.490 e. The smallest absolute Gasteiger partial charge is 0.139 e. The summed E-state index contributed by atoms with van der Waals surface area (Å²) in [5, 5.41) is 0. The van der Waals surface area contributed by atoms with Crippen LogP contribution in [-0.4, -0.2) is 12.4 Å². The second kappa shape index (κ2) is 5.51. The SMILES string of the molecule is C=CCOc1ccc2c(c1)CC[C@H]1[C@@H]2CC[C@@]2(C)C(=O)CC[C@@H]12. The molecule has 0 heterocycles. The minimum atomic E-state index is -0.0221. The molecular formula is C21H26O2. The standard InChI is InChI=1S/C21H26O2/c1-3-12-23-15-5-7-16-14(13-15)4-6-18-17(16)10-11-21(2)19(18)8-9-20(21)22/h3,5,7,13,17-19H,1,4,6,8-12H2,2H3/t17-,18+,19+,21-/m1/s1. The van der Waals surface area contributed by atoms with Gasteiger partial charge in [-0.1, -0.05) is 25.6 Å². The van der Waals surface area contributed by atoms with E-state index in [-0.39, 0.29) is 5.41 Å². The quantitative estimate of drug-likeness (QED) is 0.758. The van der Waals surface area contributed by atoms with Gasteiger partial charge in [-0.3, -0.25) is 4.79 Å². The molecular weight excluding hydrogens is 284 g/mol. The van der Waals surface area contributed by atoms with Crippen LogP contribution in [-0.2, 0) is 11.2 Å². The molecule has 0 unspecified atom stereocenters. The Hall–Kier alpha value is -1.57. The van der Waals surface area contributed by atoms with Crippen molar-refractivity contribution in [3.05, 3.63) is 42.0 Å². The highest BCUT2D eigenvalue weighted by Crippen LogP contribution is 2.59. The Bertz CT molecular complexity index is 647. The van der Waals surface area contributed by atoms with Crippen molar-refractivity contribution in [2.24, 2.45) is 17.3 Å². The van der Waals surface area contributed by atoms with Gasteiger partial charge in [-0.25, -0.2) is 0 Å². The van der Waals surface area contributed by atoms with E-state index in [0.29, 0.717) is 30.1 Å². The number of carbonyl (C=O) groups is 1. The van der Waals surface area contributed by atoms with Gasteiger partial charge < -0.3 is 4.74 Å². The van der Waals surface area contributed by atoms with Crippen LogP contribution in [0.2, 0.25) is 0 Å². The monoisotopic (exact) mass is 310 g/mol. The molecule has 4 atom stereocenters. The fourth-order valence-corrected chi connectivity index (χ4v) is 5.57. The van der Waals surface area contributed by atoms with Crippen LogP contribution >= 0.6 is 0 Å². The molecule has 0 saturated heterocycles. The molecule has 0 spiro atoms. The predicted molar refractivity (Wildman–Crippen MR) is 91.8 cm³/mol. The summed E-state index contributed by atoms with van der Waals surface area (Å²) in [5.41, 5.74) is 2.96. The number of hydrogen-bond acceptors (Lipinski definition) is 2. The zero-order chi connectivity index (χ0) is 16.0. The number of Topliss-reactive ketones (excluding diaryl/α,β-unsaturated/α-hetero) is 1. The van der Waals surface area contributed by atoms with Gasteiger partial charge in [-0.15, -0.1) is 0 Å². The molecule has 4 rings (SSSR count). The van der Waals surface area contributed by atoms with Gasteiger partial charge in [0.05, 0.1) is 0 Å². The van der Waals surface area contributed by atoms with Crippen molar-refractivity contribution < 1.29 is 9.53 Å². The van der Waals surface area contributed by atoms with Gasteiger partial charge in [0, 0.05) is 11.8 Å². The fourth-order valence-electron chi connectivity index (χ4n) is 5.57. The number of ether oxygens (including phenoxy) is 1. The lowest BCUT2D eigenvalue weighted by Gasteiger charge is -2.48. The second-order valence-corrected chi connectivity index (χ2v) is 7.79. The lowest BCUT2D eigenvalue weighted by atomic mass is 9.55. The van der Waals surface area contributed by atoms with Crippen LogP contribution in [0, 0.1) is 17.3 Å². The summed E-state index contributed by atoms with van der Waals surface area (Å²) in [6.07, 6.45) is 8.32. The molecule has 122 valence electrons. The third-order valence-electron chi connectivity index (χ3n) is 6.77. The first-order chi connectivity index (χ1) is 11.1. The van der Waals surface area contributed by atoms with E-state index < -0.39 is 0 Å². The van der Waals surface area contributed by atoms with Crippen molar-refractivity contribution in [2.45, 2.75) is 51.4 Å². The summed E-state index contributed by atoms with van der Waals surface area (Å²) in [6.45, 7) is 6.51. The average molecular weight is 310 g/mol. The average Bonchev–Trinajstić information content (AvgIpc) is 2.88. The molecule has 23 heavy (non-hydrogen) atoms. The van der Waals surface area contributed by atoms with Crippen LogP contribution < -0.4 is 4.74 Å². The summed E-state index contributed by atoms with van der Waals surface area (Å²) in [6, 6.07) is 6.62. The number of carbonyl (C=O) groups excluding carboxylic acids is 1. The summed E-state index contributed by atoms with van der Waals surface area (Å²) in [5.74, 6) is 3.45. The Morgan fingerprint density at radius 2 is 2.17 bits per heavy atom. The molecule has 0 radical (unpaired) electrons. The first-order valence-electron chi connectivity index (χ1n) is 9.03. The van der Waals surface area contributed by atoms with Crippen LogP contribution in [0.5, 0.6) is 5.75 Å². The van der Waals surface area contributed by atoms with Crippen molar-refractivity contribution in [1.29, 1.82) is 0 Å². The number of fused-ring (bicyclic) bond motifs is 5. The third kappa shape index (κ3) is 2.26. The number of aryl methyl sites for hydroxylation is 1. The molecule has 3 aliphatic carbocycles. The zero-order valence-electron chi connectivity index (χ0n) is 14.0. The van der Waals surface area contributed by atoms with E-state index in [9.17, 15) is 4.79 Å². The number of rotatable bonds is 3. The van der Waals surface area contributed by atoms with E-state index in [0.717, 1.165) is 31.4 Å². The number of hydrogen-bond donors (Lipinski definition) is 0. The van der Waals surface area contributed by atoms with Crippen molar-refractivity contribution in [3.8, 4) is 5.75 Å². The Balaban J connectivity index is 1.62. The summed E-state index contributed by atoms with van der Waals surface area (Å²) in [4.78, 5) is 12.4. The lowest BCUT2D eigenvalue weighted by molar-refractivity contribution is -0.129.